The van der Waals surface area contributed by atoms with Gasteiger partial charge in [0, 0.05) is 10.9 Å². The number of hydrogen-bond acceptors (Lipinski definition) is 3. The number of likely N-dealkylation sites (N-methyl/N-ethyl adjacent to an activating group) is 1. The standard InChI is InChI=1S/C16H21NOS/c1-12-6-7-16(18-3)13(9-12)10-14(17-2)11-15-5-4-8-19-15/h4-9,14,17H,10-11H2,1-3H3. The van der Waals surface area contributed by atoms with Gasteiger partial charge in [-0.1, -0.05) is 23.8 Å². The summed E-state index contributed by atoms with van der Waals surface area (Å²) in [5, 5.41) is 5.54. The van der Waals surface area contributed by atoms with E-state index in [0.717, 1.165) is 18.6 Å². The number of nitrogens with one attached hydrogen (secondary N) is 1. The number of ether oxygens (including phenoxy) is 1. The molecule has 0 amide bonds. The van der Waals surface area contributed by atoms with Gasteiger partial charge in [-0.15, -0.1) is 11.3 Å². The summed E-state index contributed by atoms with van der Waals surface area (Å²) >= 11 is 1.82. The van der Waals surface area contributed by atoms with Crippen LogP contribution in [-0.2, 0) is 12.8 Å². The Morgan fingerprint density at radius 1 is 1.26 bits per heavy atom. The van der Waals surface area contributed by atoms with Crippen molar-refractivity contribution in [1.29, 1.82) is 0 Å². The number of thiophene rings is 1. The zero-order valence-electron chi connectivity index (χ0n) is 11.8. The van der Waals surface area contributed by atoms with Crippen molar-refractivity contribution >= 4 is 11.3 Å². The maximum absolute atomic E-state index is 5.46. The first kappa shape index (κ1) is 14.1. The Morgan fingerprint density at radius 2 is 2.11 bits per heavy atom. The zero-order valence-corrected chi connectivity index (χ0v) is 12.6. The fourth-order valence-corrected chi connectivity index (χ4v) is 3.07. The fourth-order valence-electron chi connectivity index (χ4n) is 2.28. The molecule has 19 heavy (non-hydrogen) atoms. The summed E-state index contributed by atoms with van der Waals surface area (Å²) in [6.07, 6.45) is 2.05. The monoisotopic (exact) mass is 275 g/mol. The molecular weight excluding hydrogens is 254 g/mol. The van der Waals surface area contributed by atoms with E-state index in [4.69, 9.17) is 4.74 Å². The van der Waals surface area contributed by atoms with Gasteiger partial charge in [-0.05, 0) is 49.9 Å². The predicted octanol–water partition coefficient (Wildman–Crippen LogP) is 3.44. The lowest BCUT2D eigenvalue weighted by atomic mass is 10.00. The molecule has 2 aromatic rings. The molecule has 1 heterocycles. The van der Waals surface area contributed by atoms with Crippen molar-refractivity contribution in [3.05, 3.63) is 51.7 Å². The molecule has 102 valence electrons. The molecule has 0 aliphatic heterocycles. The van der Waals surface area contributed by atoms with E-state index < -0.39 is 0 Å². The zero-order chi connectivity index (χ0) is 13.7. The topological polar surface area (TPSA) is 21.3 Å². The minimum atomic E-state index is 0.439. The van der Waals surface area contributed by atoms with Gasteiger partial charge >= 0.3 is 0 Å². The van der Waals surface area contributed by atoms with E-state index in [9.17, 15) is 0 Å². The maximum atomic E-state index is 5.46. The van der Waals surface area contributed by atoms with Crippen LogP contribution in [-0.4, -0.2) is 20.2 Å². The van der Waals surface area contributed by atoms with Crippen molar-refractivity contribution in [2.24, 2.45) is 0 Å². The molecule has 1 N–H and O–H groups in total. The number of benzene rings is 1. The summed E-state index contributed by atoms with van der Waals surface area (Å²) in [4.78, 5) is 1.42. The average molecular weight is 275 g/mol. The molecule has 0 saturated carbocycles. The van der Waals surface area contributed by atoms with Gasteiger partial charge in [-0.2, -0.15) is 0 Å². The van der Waals surface area contributed by atoms with Crippen LogP contribution in [0.2, 0.25) is 0 Å². The van der Waals surface area contributed by atoms with Crippen LogP contribution in [0.15, 0.2) is 35.7 Å². The van der Waals surface area contributed by atoms with E-state index in [-0.39, 0.29) is 0 Å². The van der Waals surface area contributed by atoms with E-state index in [1.807, 2.05) is 18.4 Å². The molecule has 2 nitrogen and oxygen atoms in total. The van der Waals surface area contributed by atoms with Gasteiger partial charge in [0.15, 0.2) is 0 Å². The SMILES string of the molecule is CNC(Cc1cccs1)Cc1cc(C)ccc1OC. The second kappa shape index (κ2) is 6.73. The van der Waals surface area contributed by atoms with Crippen LogP contribution in [0.1, 0.15) is 16.0 Å². The van der Waals surface area contributed by atoms with Gasteiger partial charge in [0.1, 0.15) is 5.75 Å². The lowest BCUT2D eigenvalue weighted by molar-refractivity contribution is 0.406. The summed E-state index contributed by atoms with van der Waals surface area (Å²) in [7, 11) is 3.77. The Labute approximate surface area is 119 Å². The third kappa shape index (κ3) is 3.82. The highest BCUT2D eigenvalue weighted by Gasteiger charge is 2.12. The van der Waals surface area contributed by atoms with Crippen molar-refractivity contribution in [2.75, 3.05) is 14.2 Å². The van der Waals surface area contributed by atoms with E-state index in [1.54, 1.807) is 7.11 Å². The van der Waals surface area contributed by atoms with Gasteiger partial charge < -0.3 is 10.1 Å². The molecule has 1 unspecified atom stereocenters. The van der Waals surface area contributed by atoms with Gasteiger partial charge in [0.05, 0.1) is 7.11 Å². The van der Waals surface area contributed by atoms with Gasteiger partial charge in [-0.25, -0.2) is 0 Å². The number of rotatable bonds is 6. The van der Waals surface area contributed by atoms with E-state index in [2.05, 4.69) is 48.0 Å². The molecule has 1 atom stereocenters. The molecule has 0 aliphatic rings. The number of hydrogen-bond donors (Lipinski definition) is 1. The third-order valence-corrected chi connectivity index (χ3v) is 4.24. The number of aryl methyl sites for hydroxylation is 1. The molecule has 0 spiro atoms. The lowest BCUT2D eigenvalue weighted by Crippen LogP contribution is -2.29. The van der Waals surface area contributed by atoms with Gasteiger partial charge in [-0.3, -0.25) is 0 Å². The molecule has 2 rings (SSSR count). The largest absolute Gasteiger partial charge is 0.496 e. The minimum absolute atomic E-state index is 0.439. The summed E-state index contributed by atoms with van der Waals surface area (Å²) < 4.78 is 5.46. The summed E-state index contributed by atoms with van der Waals surface area (Å²) in [5.41, 5.74) is 2.56. The quantitative estimate of drug-likeness (QED) is 0.872. The molecule has 0 aliphatic carbocycles. The third-order valence-electron chi connectivity index (χ3n) is 3.34. The van der Waals surface area contributed by atoms with E-state index in [1.165, 1.54) is 16.0 Å². The first-order valence-electron chi connectivity index (χ1n) is 6.56. The molecule has 3 heteroatoms. The van der Waals surface area contributed by atoms with Crippen LogP contribution in [0.4, 0.5) is 0 Å². The molecule has 1 aromatic carbocycles. The number of methoxy groups -OCH3 is 1. The maximum Gasteiger partial charge on any atom is 0.122 e. The van der Waals surface area contributed by atoms with Crippen molar-refractivity contribution in [3.63, 3.8) is 0 Å². The summed E-state index contributed by atoms with van der Waals surface area (Å²) in [5.74, 6) is 0.983. The van der Waals surface area contributed by atoms with Crippen molar-refractivity contribution in [1.82, 2.24) is 5.32 Å². The molecule has 1 aromatic heterocycles. The lowest BCUT2D eigenvalue weighted by Gasteiger charge is -2.17. The van der Waals surface area contributed by atoms with Crippen LogP contribution in [0.5, 0.6) is 5.75 Å². The van der Waals surface area contributed by atoms with Crippen LogP contribution >= 0.6 is 11.3 Å². The average Bonchev–Trinajstić information content (AvgIpc) is 2.91. The highest BCUT2D eigenvalue weighted by Crippen LogP contribution is 2.22. The minimum Gasteiger partial charge on any atom is -0.496 e. The molecule has 0 saturated heterocycles. The Morgan fingerprint density at radius 3 is 2.74 bits per heavy atom. The second-order valence-electron chi connectivity index (χ2n) is 4.79. The van der Waals surface area contributed by atoms with Crippen molar-refractivity contribution in [3.8, 4) is 5.75 Å². The highest BCUT2D eigenvalue weighted by molar-refractivity contribution is 7.09. The van der Waals surface area contributed by atoms with Crippen LogP contribution < -0.4 is 10.1 Å². The van der Waals surface area contributed by atoms with Crippen molar-refractivity contribution < 1.29 is 4.74 Å². The molecule has 0 bridgehead atoms. The molecule has 0 radical (unpaired) electrons. The molecule has 0 fully saturated rings. The normalized spacial score (nSPS) is 12.4. The van der Waals surface area contributed by atoms with Crippen LogP contribution in [0, 0.1) is 6.92 Å². The fraction of sp³-hybridized carbons (Fsp3) is 0.375. The first-order chi connectivity index (χ1) is 9.22. The Hall–Kier alpha value is -1.32. The van der Waals surface area contributed by atoms with Crippen LogP contribution in [0.25, 0.3) is 0 Å². The van der Waals surface area contributed by atoms with E-state index >= 15 is 0 Å². The Balaban J connectivity index is 2.11. The van der Waals surface area contributed by atoms with Gasteiger partial charge in [0.25, 0.3) is 0 Å². The van der Waals surface area contributed by atoms with E-state index in [0.29, 0.717) is 6.04 Å². The van der Waals surface area contributed by atoms with Crippen LogP contribution in [0.3, 0.4) is 0 Å². The smallest absolute Gasteiger partial charge is 0.122 e. The first-order valence-corrected chi connectivity index (χ1v) is 7.44. The van der Waals surface area contributed by atoms with Crippen molar-refractivity contribution in [2.45, 2.75) is 25.8 Å². The molecular formula is C16H21NOS. The second-order valence-corrected chi connectivity index (χ2v) is 5.82. The van der Waals surface area contributed by atoms with Gasteiger partial charge in [0.2, 0.25) is 0 Å². The highest BCUT2D eigenvalue weighted by atomic mass is 32.1. The Bertz CT molecular complexity index is 507. The predicted molar refractivity (Wildman–Crippen MR) is 82.3 cm³/mol. The summed E-state index contributed by atoms with van der Waals surface area (Å²) in [6, 6.07) is 11.1. The summed E-state index contributed by atoms with van der Waals surface area (Å²) in [6.45, 7) is 2.12. The Kier molecular flexibility index (Phi) is 5.00.